The molecule has 2 heterocycles. The maximum atomic E-state index is 11.6. The Bertz CT molecular complexity index is 337. The minimum absolute atomic E-state index is 0.178. The van der Waals surface area contributed by atoms with E-state index in [4.69, 9.17) is 4.74 Å². The van der Waals surface area contributed by atoms with E-state index in [2.05, 4.69) is 11.9 Å². The van der Waals surface area contributed by atoms with Gasteiger partial charge in [-0.05, 0) is 37.9 Å². The summed E-state index contributed by atoms with van der Waals surface area (Å²) in [7, 11) is 2.12. The first-order chi connectivity index (χ1) is 7.75. The Kier molecular flexibility index (Phi) is 3.96. The molecule has 0 aliphatic carbocycles. The molecule has 1 atom stereocenters. The molecule has 4 heteroatoms. The first kappa shape index (κ1) is 11.6. The Morgan fingerprint density at radius 3 is 3.25 bits per heavy atom. The van der Waals surface area contributed by atoms with Crippen LogP contribution in [0.25, 0.3) is 0 Å². The highest BCUT2D eigenvalue weighted by Crippen LogP contribution is 2.17. The van der Waals surface area contributed by atoms with Crippen molar-refractivity contribution in [2.45, 2.75) is 12.8 Å². The average Bonchev–Trinajstić information content (AvgIpc) is 2.79. The fourth-order valence-corrected chi connectivity index (χ4v) is 2.68. The van der Waals surface area contributed by atoms with E-state index in [1.165, 1.54) is 24.2 Å². The molecule has 1 fully saturated rings. The van der Waals surface area contributed by atoms with Crippen LogP contribution in [0.1, 0.15) is 22.5 Å². The third-order valence-corrected chi connectivity index (χ3v) is 3.74. The number of rotatable bonds is 3. The Labute approximate surface area is 100 Å². The molecule has 3 nitrogen and oxygen atoms in total. The van der Waals surface area contributed by atoms with E-state index in [1.54, 1.807) is 6.07 Å². The summed E-state index contributed by atoms with van der Waals surface area (Å²) in [6, 6.07) is 3.68. The number of nitrogens with zero attached hydrogens (tertiary/aromatic N) is 1. The molecule has 0 aromatic carbocycles. The van der Waals surface area contributed by atoms with E-state index >= 15 is 0 Å². The van der Waals surface area contributed by atoms with Crippen LogP contribution in [0.15, 0.2) is 17.5 Å². The van der Waals surface area contributed by atoms with Gasteiger partial charge < -0.3 is 9.64 Å². The molecule has 16 heavy (non-hydrogen) atoms. The van der Waals surface area contributed by atoms with E-state index in [0.29, 0.717) is 17.4 Å². The van der Waals surface area contributed by atoms with Crippen LogP contribution in [0.5, 0.6) is 0 Å². The molecule has 0 bridgehead atoms. The topological polar surface area (TPSA) is 29.5 Å². The predicted octanol–water partition coefficient (Wildman–Crippen LogP) is 2.25. The maximum absolute atomic E-state index is 11.6. The van der Waals surface area contributed by atoms with Crippen molar-refractivity contribution in [3.8, 4) is 0 Å². The van der Waals surface area contributed by atoms with Crippen molar-refractivity contribution in [2.75, 3.05) is 26.7 Å². The lowest BCUT2D eigenvalue weighted by Gasteiger charge is -2.29. The highest BCUT2D eigenvalue weighted by Gasteiger charge is 2.19. The predicted molar refractivity (Wildman–Crippen MR) is 64.8 cm³/mol. The van der Waals surface area contributed by atoms with Crippen molar-refractivity contribution in [1.82, 2.24) is 4.90 Å². The monoisotopic (exact) mass is 239 g/mol. The molecule has 1 aliphatic heterocycles. The fourth-order valence-electron chi connectivity index (χ4n) is 2.07. The van der Waals surface area contributed by atoms with Crippen LogP contribution >= 0.6 is 11.3 Å². The van der Waals surface area contributed by atoms with Gasteiger partial charge in [0, 0.05) is 12.5 Å². The van der Waals surface area contributed by atoms with Gasteiger partial charge in [0.25, 0.3) is 0 Å². The molecular formula is C12H17NO2S. The number of carbonyl (C=O) groups is 1. The van der Waals surface area contributed by atoms with Crippen LogP contribution in [-0.2, 0) is 4.74 Å². The number of ether oxygens (including phenoxy) is 1. The summed E-state index contributed by atoms with van der Waals surface area (Å²) in [6.45, 7) is 2.76. The number of esters is 1. The molecule has 1 aromatic rings. The molecule has 1 aliphatic rings. The molecule has 1 aromatic heterocycles. The average molecular weight is 239 g/mol. The van der Waals surface area contributed by atoms with Gasteiger partial charge in [0.2, 0.25) is 0 Å². The van der Waals surface area contributed by atoms with Crippen LogP contribution in [0.3, 0.4) is 0 Å². The molecular weight excluding hydrogens is 222 g/mol. The van der Waals surface area contributed by atoms with E-state index in [1.807, 2.05) is 11.4 Å². The SMILES string of the molecule is CN1CCC[C@@H](COC(=O)c2cccs2)C1. The number of likely N-dealkylation sites (tertiary alicyclic amines) is 1. The molecule has 88 valence electrons. The highest BCUT2D eigenvalue weighted by atomic mass is 32.1. The summed E-state index contributed by atoms with van der Waals surface area (Å²) in [4.78, 5) is 14.6. The van der Waals surface area contributed by atoms with Gasteiger partial charge in [-0.3, -0.25) is 0 Å². The van der Waals surface area contributed by atoms with Crippen molar-refractivity contribution < 1.29 is 9.53 Å². The Hall–Kier alpha value is -0.870. The number of hydrogen-bond donors (Lipinski definition) is 0. The normalized spacial score (nSPS) is 21.9. The molecule has 0 radical (unpaired) electrons. The Morgan fingerprint density at radius 1 is 1.69 bits per heavy atom. The zero-order valence-corrected chi connectivity index (χ0v) is 10.3. The second-order valence-electron chi connectivity index (χ2n) is 4.35. The van der Waals surface area contributed by atoms with Crippen LogP contribution < -0.4 is 0 Å². The summed E-state index contributed by atoms with van der Waals surface area (Å²) in [6.07, 6.45) is 2.37. The van der Waals surface area contributed by atoms with Crippen molar-refractivity contribution in [3.63, 3.8) is 0 Å². The molecule has 0 spiro atoms. The third-order valence-electron chi connectivity index (χ3n) is 2.89. The van der Waals surface area contributed by atoms with E-state index in [-0.39, 0.29) is 5.97 Å². The molecule has 0 saturated carbocycles. The van der Waals surface area contributed by atoms with E-state index < -0.39 is 0 Å². The standard InChI is InChI=1S/C12H17NO2S/c1-13-6-2-4-10(8-13)9-15-12(14)11-5-3-7-16-11/h3,5,7,10H,2,4,6,8-9H2,1H3/t10-/m1/s1. The molecule has 2 rings (SSSR count). The summed E-state index contributed by atoms with van der Waals surface area (Å²) in [5.41, 5.74) is 0. The van der Waals surface area contributed by atoms with Gasteiger partial charge in [-0.1, -0.05) is 6.07 Å². The number of thiophene rings is 1. The largest absolute Gasteiger partial charge is 0.461 e. The van der Waals surface area contributed by atoms with Crippen molar-refractivity contribution in [3.05, 3.63) is 22.4 Å². The zero-order chi connectivity index (χ0) is 11.4. The molecule has 0 amide bonds. The quantitative estimate of drug-likeness (QED) is 0.758. The van der Waals surface area contributed by atoms with Gasteiger partial charge in [0.05, 0.1) is 6.61 Å². The van der Waals surface area contributed by atoms with Gasteiger partial charge in [-0.15, -0.1) is 11.3 Å². The number of carbonyl (C=O) groups excluding carboxylic acids is 1. The number of piperidine rings is 1. The second-order valence-corrected chi connectivity index (χ2v) is 5.29. The van der Waals surface area contributed by atoms with Crippen molar-refractivity contribution in [1.29, 1.82) is 0 Å². The summed E-state index contributed by atoms with van der Waals surface area (Å²) in [5.74, 6) is 0.325. The van der Waals surface area contributed by atoms with Gasteiger partial charge >= 0.3 is 5.97 Å². The lowest BCUT2D eigenvalue weighted by atomic mass is 10.00. The van der Waals surface area contributed by atoms with Gasteiger partial charge in [-0.2, -0.15) is 0 Å². The summed E-state index contributed by atoms with van der Waals surface area (Å²) in [5, 5.41) is 1.89. The molecule has 0 unspecified atom stereocenters. The minimum atomic E-state index is -0.178. The lowest BCUT2D eigenvalue weighted by Crippen LogP contribution is -2.34. The smallest absolute Gasteiger partial charge is 0.348 e. The van der Waals surface area contributed by atoms with Crippen LogP contribution in [0.2, 0.25) is 0 Å². The fraction of sp³-hybridized carbons (Fsp3) is 0.583. The molecule has 1 saturated heterocycles. The zero-order valence-electron chi connectivity index (χ0n) is 9.52. The van der Waals surface area contributed by atoms with Gasteiger partial charge in [0.15, 0.2) is 0 Å². The summed E-state index contributed by atoms with van der Waals surface area (Å²) < 4.78 is 5.32. The van der Waals surface area contributed by atoms with Crippen LogP contribution in [0.4, 0.5) is 0 Å². The van der Waals surface area contributed by atoms with Crippen LogP contribution in [0, 0.1) is 5.92 Å². The maximum Gasteiger partial charge on any atom is 0.348 e. The van der Waals surface area contributed by atoms with Gasteiger partial charge in [-0.25, -0.2) is 4.79 Å². The van der Waals surface area contributed by atoms with Crippen molar-refractivity contribution >= 4 is 17.3 Å². The third kappa shape index (κ3) is 3.06. The van der Waals surface area contributed by atoms with Gasteiger partial charge in [0.1, 0.15) is 4.88 Å². The minimum Gasteiger partial charge on any atom is -0.461 e. The lowest BCUT2D eigenvalue weighted by molar-refractivity contribution is 0.0377. The molecule has 0 N–H and O–H groups in total. The first-order valence-electron chi connectivity index (χ1n) is 5.65. The first-order valence-corrected chi connectivity index (χ1v) is 6.53. The van der Waals surface area contributed by atoms with E-state index in [0.717, 1.165) is 13.1 Å². The number of hydrogen-bond acceptors (Lipinski definition) is 4. The Morgan fingerprint density at radius 2 is 2.56 bits per heavy atom. The summed E-state index contributed by atoms with van der Waals surface area (Å²) >= 11 is 1.43. The van der Waals surface area contributed by atoms with E-state index in [9.17, 15) is 4.79 Å². The Balaban J connectivity index is 1.77. The highest BCUT2D eigenvalue weighted by molar-refractivity contribution is 7.11. The van der Waals surface area contributed by atoms with Crippen LogP contribution in [-0.4, -0.2) is 37.6 Å². The van der Waals surface area contributed by atoms with Crippen molar-refractivity contribution in [2.24, 2.45) is 5.92 Å². The second kappa shape index (κ2) is 5.46.